The molecule has 2 aromatic rings. The van der Waals surface area contributed by atoms with E-state index in [0.717, 1.165) is 61.6 Å². The number of ether oxygens (including phenoxy) is 1. The van der Waals surface area contributed by atoms with Crippen LogP contribution in [0.1, 0.15) is 37.8 Å². The number of piperidine rings is 1. The van der Waals surface area contributed by atoms with E-state index in [1.165, 1.54) is 18.4 Å². The maximum atomic E-state index is 5.43. The normalized spacial score (nSPS) is 14.7. The lowest BCUT2D eigenvalue weighted by Crippen LogP contribution is -2.38. The van der Waals surface area contributed by atoms with Gasteiger partial charge in [0.05, 0.1) is 13.7 Å². The smallest absolute Gasteiger partial charge is 0.191 e. The minimum absolute atomic E-state index is 0. The van der Waals surface area contributed by atoms with E-state index in [9.17, 15) is 0 Å². The highest BCUT2D eigenvalue weighted by atomic mass is 127. The van der Waals surface area contributed by atoms with E-state index in [2.05, 4.69) is 52.6 Å². The van der Waals surface area contributed by atoms with Crippen molar-refractivity contribution < 1.29 is 4.74 Å². The minimum Gasteiger partial charge on any atom is -0.496 e. The van der Waals surface area contributed by atoms with Crippen LogP contribution in [0.4, 0.5) is 5.82 Å². The van der Waals surface area contributed by atoms with Crippen LogP contribution in [-0.2, 0) is 13.0 Å². The van der Waals surface area contributed by atoms with E-state index in [0.29, 0.717) is 6.54 Å². The lowest BCUT2D eigenvalue weighted by molar-refractivity contribution is 0.409. The molecule has 0 unspecified atom stereocenters. The third-order valence-corrected chi connectivity index (χ3v) is 5.56. The van der Waals surface area contributed by atoms with E-state index in [1.807, 2.05) is 24.4 Å². The number of anilines is 1. The number of nitrogens with one attached hydrogen (secondary N) is 2. The molecule has 0 amide bonds. The zero-order chi connectivity index (χ0) is 21.2. The number of benzene rings is 1. The van der Waals surface area contributed by atoms with Gasteiger partial charge in [-0.15, -0.1) is 24.0 Å². The fraction of sp³-hybridized carbons (Fsp3) is 0.500. The molecular weight excluding hydrogens is 501 g/mol. The zero-order valence-corrected chi connectivity index (χ0v) is 21.3. The average molecular weight is 537 g/mol. The molecule has 0 bridgehead atoms. The highest BCUT2D eigenvalue weighted by Gasteiger charge is 2.16. The molecule has 7 heteroatoms. The largest absolute Gasteiger partial charge is 0.496 e. The SMILES string of the molecule is CCNC(=NCc1ccc(N2CCC(C)CC2)nc1)NCCc1ccccc1OC.I. The third kappa shape index (κ3) is 7.87. The number of rotatable bonds is 8. The van der Waals surface area contributed by atoms with Crippen LogP contribution >= 0.6 is 24.0 Å². The summed E-state index contributed by atoms with van der Waals surface area (Å²) < 4.78 is 5.43. The lowest BCUT2D eigenvalue weighted by Gasteiger charge is -2.31. The first-order chi connectivity index (χ1) is 14.7. The van der Waals surface area contributed by atoms with Crippen LogP contribution in [0.5, 0.6) is 5.75 Å². The van der Waals surface area contributed by atoms with Crippen molar-refractivity contribution in [3.63, 3.8) is 0 Å². The highest BCUT2D eigenvalue weighted by Crippen LogP contribution is 2.21. The van der Waals surface area contributed by atoms with Crippen LogP contribution in [0, 0.1) is 5.92 Å². The fourth-order valence-electron chi connectivity index (χ4n) is 3.67. The second-order valence-electron chi connectivity index (χ2n) is 7.88. The van der Waals surface area contributed by atoms with Gasteiger partial charge in [0, 0.05) is 32.4 Å². The molecule has 0 aliphatic carbocycles. The summed E-state index contributed by atoms with van der Waals surface area (Å²) in [7, 11) is 1.71. The molecule has 2 N–H and O–H groups in total. The monoisotopic (exact) mass is 537 g/mol. The summed E-state index contributed by atoms with van der Waals surface area (Å²) in [5.41, 5.74) is 2.31. The predicted octanol–water partition coefficient (Wildman–Crippen LogP) is 4.24. The van der Waals surface area contributed by atoms with E-state index < -0.39 is 0 Å². The molecule has 1 aliphatic heterocycles. The number of hydrogen-bond donors (Lipinski definition) is 2. The maximum Gasteiger partial charge on any atom is 0.191 e. The molecule has 0 saturated carbocycles. The fourth-order valence-corrected chi connectivity index (χ4v) is 3.67. The molecule has 31 heavy (non-hydrogen) atoms. The van der Waals surface area contributed by atoms with Crippen LogP contribution in [0.15, 0.2) is 47.6 Å². The van der Waals surface area contributed by atoms with E-state index in [-0.39, 0.29) is 24.0 Å². The van der Waals surface area contributed by atoms with Crippen molar-refractivity contribution in [2.24, 2.45) is 10.9 Å². The quantitative estimate of drug-likeness (QED) is 0.300. The van der Waals surface area contributed by atoms with Crippen molar-refractivity contribution in [2.75, 3.05) is 38.2 Å². The van der Waals surface area contributed by atoms with Gasteiger partial charge in [0.1, 0.15) is 11.6 Å². The number of halogens is 1. The molecule has 1 fully saturated rings. The summed E-state index contributed by atoms with van der Waals surface area (Å²) in [6.45, 7) is 8.83. The van der Waals surface area contributed by atoms with Gasteiger partial charge < -0.3 is 20.3 Å². The summed E-state index contributed by atoms with van der Waals surface area (Å²) in [4.78, 5) is 11.8. The number of pyridine rings is 1. The van der Waals surface area contributed by atoms with Crippen molar-refractivity contribution in [3.8, 4) is 5.75 Å². The van der Waals surface area contributed by atoms with Crippen LogP contribution in [0.25, 0.3) is 0 Å². The number of aliphatic imine (C=N–C) groups is 1. The number of aromatic nitrogens is 1. The van der Waals surface area contributed by atoms with Gasteiger partial charge in [-0.05, 0) is 55.4 Å². The van der Waals surface area contributed by atoms with Crippen molar-refractivity contribution in [3.05, 3.63) is 53.7 Å². The average Bonchev–Trinajstić information content (AvgIpc) is 2.79. The van der Waals surface area contributed by atoms with Crippen molar-refractivity contribution in [1.82, 2.24) is 15.6 Å². The molecule has 2 heterocycles. The zero-order valence-electron chi connectivity index (χ0n) is 18.9. The van der Waals surface area contributed by atoms with Crippen LogP contribution < -0.4 is 20.3 Å². The molecule has 3 rings (SSSR count). The van der Waals surface area contributed by atoms with Crippen LogP contribution in [0.2, 0.25) is 0 Å². The van der Waals surface area contributed by atoms with Crippen molar-refractivity contribution in [1.29, 1.82) is 0 Å². The molecule has 170 valence electrons. The van der Waals surface area contributed by atoms with Gasteiger partial charge in [-0.2, -0.15) is 0 Å². The van der Waals surface area contributed by atoms with Gasteiger partial charge in [0.2, 0.25) is 0 Å². The Morgan fingerprint density at radius 1 is 1.16 bits per heavy atom. The van der Waals surface area contributed by atoms with Gasteiger partial charge in [0.15, 0.2) is 5.96 Å². The Morgan fingerprint density at radius 2 is 1.94 bits per heavy atom. The predicted molar refractivity (Wildman–Crippen MR) is 140 cm³/mol. The summed E-state index contributed by atoms with van der Waals surface area (Å²) in [5.74, 6) is 3.66. The molecule has 1 saturated heterocycles. The van der Waals surface area contributed by atoms with Crippen LogP contribution in [-0.4, -0.2) is 44.2 Å². The van der Waals surface area contributed by atoms with Gasteiger partial charge in [0.25, 0.3) is 0 Å². The second kappa shape index (κ2) is 13.4. The van der Waals surface area contributed by atoms with Gasteiger partial charge >= 0.3 is 0 Å². The van der Waals surface area contributed by atoms with Gasteiger partial charge in [-0.3, -0.25) is 0 Å². The summed E-state index contributed by atoms with van der Waals surface area (Å²) in [6, 6.07) is 12.4. The number of hydrogen-bond acceptors (Lipinski definition) is 4. The Balaban J connectivity index is 0.00000341. The lowest BCUT2D eigenvalue weighted by atomic mass is 9.99. The van der Waals surface area contributed by atoms with E-state index in [4.69, 9.17) is 9.73 Å². The third-order valence-electron chi connectivity index (χ3n) is 5.56. The first kappa shape index (κ1) is 25.2. The minimum atomic E-state index is 0. The van der Waals surface area contributed by atoms with Crippen molar-refractivity contribution in [2.45, 2.75) is 39.7 Å². The Kier molecular flexibility index (Phi) is 10.9. The molecule has 0 spiro atoms. The number of methoxy groups -OCH3 is 1. The molecular formula is C24H36IN5O. The molecule has 0 radical (unpaired) electrons. The summed E-state index contributed by atoms with van der Waals surface area (Å²) >= 11 is 0. The van der Waals surface area contributed by atoms with Gasteiger partial charge in [-0.25, -0.2) is 9.98 Å². The van der Waals surface area contributed by atoms with Crippen LogP contribution in [0.3, 0.4) is 0 Å². The number of para-hydroxylation sites is 1. The highest BCUT2D eigenvalue weighted by molar-refractivity contribution is 14.0. The van der Waals surface area contributed by atoms with Gasteiger partial charge in [-0.1, -0.05) is 31.2 Å². The van der Waals surface area contributed by atoms with Crippen molar-refractivity contribution >= 4 is 35.8 Å². The standard InChI is InChI=1S/C24H35N5O.HI/c1-4-25-24(26-14-11-21-7-5-6-8-22(21)30-3)28-18-20-9-10-23(27-17-20)29-15-12-19(2)13-16-29;/h5-10,17,19H,4,11-16,18H2,1-3H3,(H2,25,26,28);1H. The molecule has 0 atom stereocenters. The summed E-state index contributed by atoms with van der Waals surface area (Å²) in [6.07, 6.45) is 5.33. The Hall–Kier alpha value is -2.03. The van der Waals surface area contributed by atoms with E-state index >= 15 is 0 Å². The second-order valence-corrected chi connectivity index (χ2v) is 7.88. The molecule has 1 aromatic heterocycles. The molecule has 1 aliphatic rings. The Labute approximate surface area is 203 Å². The molecule has 1 aromatic carbocycles. The number of nitrogens with zero attached hydrogens (tertiary/aromatic N) is 3. The Bertz CT molecular complexity index is 804. The summed E-state index contributed by atoms with van der Waals surface area (Å²) in [5, 5.41) is 6.73. The number of guanidine groups is 1. The first-order valence-electron chi connectivity index (χ1n) is 11.0. The Morgan fingerprint density at radius 3 is 2.61 bits per heavy atom. The first-order valence-corrected chi connectivity index (χ1v) is 11.0. The topological polar surface area (TPSA) is 61.8 Å². The van der Waals surface area contributed by atoms with E-state index in [1.54, 1.807) is 7.11 Å². The maximum absolute atomic E-state index is 5.43. The molecule has 6 nitrogen and oxygen atoms in total.